The molecule has 0 aromatic carbocycles. The van der Waals surface area contributed by atoms with Gasteiger partial charge in [0.25, 0.3) is 0 Å². The van der Waals surface area contributed by atoms with E-state index < -0.39 is 5.60 Å². The molecule has 1 rings (SSSR count). The predicted molar refractivity (Wildman–Crippen MR) is 82.7 cm³/mol. The van der Waals surface area contributed by atoms with Crippen molar-refractivity contribution in [1.82, 2.24) is 10.2 Å². The molecule has 0 atom stereocenters. The quantitative estimate of drug-likeness (QED) is 0.849. The van der Waals surface area contributed by atoms with Gasteiger partial charge >= 0.3 is 6.09 Å². The molecule has 1 heterocycles. The Labute approximate surface area is 124 Å². The number of nitrogens with one attached hydrogen (secondary N) is 1. The van der Waals surface area contributed by atoms with E-state index in [4.69, 9.17) is 4.74 Å². The van der Waals surface area contributed by atoms with Crippen LogP contribution in [-0.2, 0) is 9.53 Å². The van der Waals surface area contributed by atoms with Crippen LogP contribution >= 0.6 is 0 Å². The van der Waals surface area contributed by atoms with Gasteiger partial charge in [-0.1, -0.05) is 27.7 Å². The molecule has 0 bridgehead atoms. The predicted octanol–water partition coefficient (Wildman–Crippen LogP) is 3.04. The summed E-state index contributed by atoms with van der Waals surface area (Å²) in [5, 5.41) is 2.74. The molecule has 0 unspecified atom stereocenters. The fourth-order valence-corrected chi connectivity index (χ4v) is 1.46. The van der Waals surface area contributed by atoms with E-state index in [1.54, 1.807) is 4.90 Å². The molecule has 5 nitrogen and oxygen atoms in total. The smallest absolute Gasteiger partial charge is 0.410 e. The van der Waals surface area contributed by atoms with E-state index >= 15 is 0 Å². The van der Waals surface area contributed by atoms with Crippen LogP contribution in [0, 0.1) is 5.92 Å². The van der Waals surface area contributed by atoms with Gasteiger partial charge in [0.2, 0.25) is 5.91 Å². The van der Waals surface area contributed by atoms with Gasteiger partial charge in [-0.05, 0) is 20.8 Å². The van der Waals surface area contributed by atoms with E-state index in [1.165, 1.54) is 6.92 Å². The molecule has 0 spiro atoms. The van der Waals surface area contributed by atoms with Gasteiger partial charge in [-0.3, -0.25) is 4.79 Å². The zero-order valence-corrected chi connectivity index (χ0v) is 14.4. The van der Waals surface area contributed by atoms with Gasteiger partial charge in [0.1, 0.15) is 5.60 Å². The van der Waals surface area contributed by atoms with E-state index in [1.807, 2.05) is 48.5 Å². The van der Waals surface area contributed by atoms with Crippen LogP contribution in [0.15, 0.2) is 0 Å². The van der Waals surface area contributed by atoms with Crippen molar-refractivity contribution in [2.75, 3.05) is 19.6 Å². The summed E-state index contributed by atoms with van der Waals surface area (Å²) in [5.74, 6) is 0.326. The molecule has 1 aliphatic heterocycles. The van der Waals surface area contributed by atoms with Crippen molar-refractivity contribution in [3.05, 3.63) is 0 Å². The molecule has 0 aliphatic carbocycles. The number of rotatable bonds is 2. The Kier molecular flexibility index (Phi) is 11.1. The van der Waals surface area contributed by atoms with E-state index in [0.717, 1.165) is 0 Å². The van der Waals surface area contributed by atoms with Crippen LogP contribution in [0.1, 0.15) is 55.4 Å². The Morgan fingerprint density at radius 3 is 1.95 bits per heavy atom. The zero-order valence-electron chi connectivity index (χ0n) is 14.4. The van der Waals surface area contributed by atoms with Crippen LogP contribution in [0.4, 0.5) is 4.79 Å². The highest BCUT2D eigenvalue weighted by molar-refractivity contribution is 5.73. The van der Waals surface area contributed by atoms with Crippen molar-refractivity contribution < 1.29 is 14.3 Å². The van der Waals surface area contributed by atoms with Crippen LogP contribution in [0.2, 0.25) is 0 Å². The standard InChI is InChI=1S/C11H20N2O3.2C2H6/c1-8(14)12-5-9-6-13(7-9)10(15)16-11(2,3)4;2*1-2/h9H,5-7H2,1-4H3,(H,12,14);2*1-2H3. The van der Waals surface area contributed by atoms with E-state index in [0.29, 0.717) is 25.6 Å². The SMILES string of the molecule is CC.CC.CC(=O)NCC1CN(C(=O)OC(C)(C)C)C1. The lowest BCUT2D eigenvalue weighted by Gasteiger charge is -2.39. The molecular weight excluding hydrogens is 256 g/mol. The van der Waals surface area contributed by atoms with Crippen molar-refractivity contribution in [3.8, 4) is 0 Å². The van der Waals surface area contributed by atoms with Gasteiger partial charge in [-0.15, -0.1) is 0 Å². The molecule has 2 amide bonds. The summed E-state index contributed by atoms with van der Waals surface area (Å²) in [6.45, 7) is 17.0. The maximum absolute atomic E-state index is 11.5. The molecule has 0 aromatic rings. The molecule has 0 saturated carbocycles. The summed E-state index contributed by atoms with van der Waals surface area (Å²) >= 11 is 0. The molecule has 1 saturated heterocycles. The van der Waals surface area contributed by atoms with Gasteiger partial charge in [0.05, 0.1) is 0 Å². The Bertz CT molecular complexity index is 279. The second-order valence-corrected chi connectivity index (χ2v) is 5.19. The minimum atomic E-state index is -0.445. The molecule has 1 N–H and O–H groups in total. The summed E-state index contributed by atoms with van der Waals surface area (Å²) < 4.78 is 5.22. The third kappa shape index (κ3) is 9.64. The summed E-state index contributed by atoms with van der Waals surface area (Å²) in [6, 6.07) is 0. The first-order chi connectivity index (χ1) is 9.28. The van der Waals surface area contributed by atoms with Crippen molar-refractivity contribution in [2.24, 2.45) is 5.92 Å². The lowest BCUT2D eigenvalue weighted by Crippen LogP contribution is -2.54. The van der Waals surface area contributed by atoms with Crippen LogP contribution in [-0.4, -0.2) is 42.1 Å². The summed E-state index contributed by atoms with van der Waals surface area (Å²) in [5.41, 5.74) is -0.445. The maximum Gasteiger partial charge on any atom is 0.410 e. The van der Waals surface area contributed by atoms with Crippen LogP contribution in [0.25, 0.3) is 0 Å². The number of nitrogens with zero attached hydrogens (tertiary/aromatic N) is 1. The Morgan fingerprint density at radius 2 is 1.60 bits per heavy atom. The summed E-state index contributed by atoms with van der Waals surface area (Å²) in [4.78, 5) is 23.9. The first kappa shape index (κ1) is 21.0. The molecule has 20 heavy (non-hydrogen) atoms. The molecule has 120 valence electrons. The van der Waals surface area contributed by atoms with Crippen LogP contribution in [0.5, 0.6) is 0 Å². The largest absolute Gasteiger partial charge is 0.444 e. The van der Waals surface area contributed by atoms with Crippen LogP contribution < -0.4 is 5.32 Å². The first-order valence-electron chi connectivity index (χ1n) is 7.50. The molecule has 0 radical (unpaired) electrons. The molecular formula is C15H32N2O3. The van der Waals surface area contributed by atoms with Gasteiger partial charge in [0, 0.05) is 32.5 Å². The summed E-state index contributed by atoms with van der Waals surface area (Å²) in [7, 11) is 0. The topological polar surface area (TPSA) is 58.6 Å². The molecule has 0 aromatic heterocycles. The normalized spacial score (nSPS) is 13.9. The molecule has 1 aliphatic rings. The number of amides is 2. The second-order valence-electron chi connectivity index (χ2n) is 5.19. The number of hydrogen-bond donors (Lipinski definition) is 1. The van der Waals surface area contributed by atoms with E-state index in [-0.39, 0.29) is 12.0 Å². The van der Waals surface area contributed by atoms with Crippen LogP contribution in [0.3, 0.4) is 0 Å². The number of ether oxygens (including phenoxy) is 1. The first-order valence-corrected chi connectivity index (χ1v) is 7.50. The van der Waals surface area contributed by atoms with Gasteiger partial charge in [0.15, 0.2) is 0 Å². The average Bonchev–Trinajstić information content (AvgIpc) is 2.29. The average molecular weight is 288 g/mol. The molecule has 5 heteroatoms. The van der Waals surface area contributed by atoms with Crippen molar-refractivity contribution in [1.29, 1.82) is 0 Å². The number of carbonyl (C=O) groups excluding carboxylic acids is 2. The number of carbonyl (C=O) groups is 2. The highest BCUT2D eigenvalue weighted by Crippen LogP contribution is 2.18. The number of hydrogen-bond acceptors (Lipinski definition) is 3. The number of likely N-dealkylation sites (tertiary alicyclic amines) is 1. The Balaban J connectivity index is 0. The van der Waals surface area contributed by atoms with Gasteiger partial charge < -0.3 is 15.0 Å². The van der Waals surface area contributed by atoms with E-state index in [9.17, 15) is 9.59 Å². The Hall–Kier alpha value is -1.26. The molecule has 1 fully saturated rings. The minimum Gasteiger partial charge on any atom is -0.444 e. The highest BCUT2D eigenvalue weighted by Gasteiger charge is 2.33. The van der Waals surface area contributed by atoms with Crippen molar-refractivity contribution >= 4 is 12.0 Å². The third-order valence-corrected chi connectivity index (χ3v) is 2.25. The van der Waals surface area contributed by atoms with E-state index in [2.05, 4.69) is 5.32 Å². The van der Waals surface area contributed by atoms with Gasteiger partial charge in [-0.2, -0.15) is 0 Å². The maximum atomic E-state index is 11.5. The fourth-order valence-electron chi connectivity index (χ4n) is 1.46. The Morgan fingerprint density at radius 1 is 1.15 bits per heavy atom. The third-order valence-electron chi connectivity index (χ3n) is 2.25. The highest BCUT2D eigenvalue weighted by atomic mass is 16.6. The van der Waals surface area contributed by atoms with Crippen molar-refractivity contribution in [3.63, 3.8) is 0 Å². The fraction of sp³-hybridized carbons (Fsp3) is 0.867. The lowest BCUT2D eigenvalue weighted by molar-refractivity contribution is -0.119. The monoisotopic (exact) mass is 288 g/mol. The summed E-state index contributed by atoms with van der Waals surface area (Å²) in [6.07, 6.45) is -0.272. The van der Waals surface area contributed by atoms with Gasteiger partial charge in [-0.25, -0.2) is 4.79 Å². The zero-order chi connectivity index (χ0) is 16.3. The minimum absolute atomic E-state index is 0.0317. The second kappa shape index (κ2) is 10.5. The lowest BCUT2D eigenvalue weighted by atomic mass is 10.0. The van der Waals surface area contributed by atoms with Crippen molar-refractivity contribution in [2.45, 2.75) is 61.0 Å².